The predicted octanol–water partition coefficient (Wildman–Crippen LogP) is 2.47. The summed E-state index contributed by atoms with van der Waals surface area (Å²) in [6.45, 7) is 5.99. The van der Waals surface area contributed by atoms with Gasteiger partial charge in [0, 0.05) is 6.42 Å². The fourth-order valence-corrected chi connectivity index (χ4v) is 1.86. The predicted molar refractivity (Wildman–Crippen MR) is 63.5 cm³/mol. The van der Waals surface area contributed by atoms with Gasteiger partial charge >= 0.3 is 13.6 Å². The fraction of sp³-hybridized carbons (Fsp3) is 0.900. The van der Waals surface area contributed by atoms with Crippen molar-refractivity contribution in [2.45, 2.75) is 46.5 Å². The second kappa shape index (κ2) is 9.82. The van der Waals surface area contributed by atoms with E-state index in [4.69, 9.17) is 14.9 Å². The minimum absolute atomic E-state index is 0.0405. The highest BCUT2D eigenvalue weighted by Crippen LogP contribution is 2.37. The molecule has 0 aliphatic rings. The maximum atomic E-state index is 10.4. The summed E-state index contributed by atoms with van der Waals surface area (Å²) in [7, 11) is -3.97. The van der Waals surface area contributed by atoms with Gasteiger partial charge in [-0.15, -0.1) is 0 Å². The number of rotatable bonds is 6. The summed E-state index contributed by atoms with van der Waals surface area (Å²) in [5.74, 6) is -1.19. The van der Waals surface area contributed by atoms with Gasteiger partial charge in [-0.3, -0.25) is 9.36 Å². The van der Waals surface area contributed by atoms with Crippen molar-refractivity contribution < 1.29 is 24.3 Å². The Hall–Kier alpha value is -0.380. The first-order valence-electron chi connectivity index (χ1n) is 5.49. The molecule has 0 fully saturated rings. The summed E-state index contributed by atoms with van der Waals surface area (Å²) in [4.78, 5) is 27.1. The fourth-order valence-electron chi connectivity index (χ4n) is 0.867. The van der Waals surface area contributed by atoms with Crippen LogP contribution in [0.3, 0.4) is 0 Å². The van der Waals surface area contributed by atoms with Gasteiger partial charge in [0.1, 0.15) is 0 Å². The number of unbranched alkanes of at least 4 members (excludes halogenated alkanes) is 1. The molecule has 0 aromatic carbocycles. The molecule has 98 valence electrons. The van der Waals surface area contributed by atoms with Crippen LogP contribution in [0, 0.1) is 5.92 Å². The molecular formula is C10H23O5P. The SMILES string of the molecule is CC(CCC(=O)O)CP(=O)(O)O.CCCC. The maximum Gasteiger partial charge on any atom is 0.325 e. The van der Waals surface area contributed by atoms with Crippen molar-refractivity contribution in [3.05, 3.63) is 0 Å². The topological polar surface area (TPSA) is 94.8 Å². The number of carboxylic acids is 1. The molecule has 0 saturated heterocycles. The van der Waals surface area contributed by atoms with E-state index in [0.717, 1.165) is 0 Å². The largest absolute Gasteiger partial charge is 0.481 e. The highest BCUT2D eigenvalue weighted by Gasteiger charge is 2.18. The van der Waals surface area contributed by atoms with Gasteiger partial charge in [-0.2, -0.15) is 0 Å². The van der Waals surface area contributed by atoms with E-state index in [0.29, 0.717) is 6.42 Å². The average Bonchev–Trinajstić information content (AvgIpc) is 2.12. The third-order valence-electron chi connectivity index (χ3n) is 1.90. The van der Waals surface area contributed by atoms with Crippen molar-refractivity contribution in [1.82, 2.24) is 0 Å². The van der Waals surface area contributed by atoms with Crippen LogP contribution in [-0.4, -0.2) is 27.0 Å². The van der Waals surface area contributed by atoms with Crippen molar-refractivity contribution >= 4 is 13.6 Å². The average molecular weight is 254 g/mol. The molecule has 0 saturated carbocycles. The smallest absolute Gasteiger partial charge is 0.325 e. The Balaban J connectivity index is 0. The zero-order chi connectivity index (χ0) is 13.2. The van der Waals surface area contributed by atoms with E-state index in [1.54, 1.807) is 6.92 Å². The molecule has 6 heteroatoms. The first-order chi connectivity index (χ1) is 7.22. The monoisotopic (exact) mass is 254 g/mol. The molecule has 3 N–H and O–H groups in total. The molecule has 1 atom stereocenters. The quantitative estimate of drug-likeness (QED) is 0.633. The lowest BCUT2D eigenvalue weighted by Crippen LogP contribution is -2.05. The minimum Gasteiger partial charge on any atom is -0.481 e. The van der Waals surface area contributed by atoms with Crippen LogP contribution in [0.15, 0.2) is 0 Å². The van der Waals surface area contributed by atoms with Crippen molar-refractivity contribution in [2.75, 3.05) is 6.16 Å². The van der Waals surface area contributed by atoms with E-state index in [2.05, 4.69) is 13.8 Å². The number of carbonyl (C=O) groups is 1. The maximum absolute atomic E-state index is 10.4. The summed E-state index contributed by atoms with van der Waals surface area (Å²) in [5, 5.41) is 8.27. The van der Waals surface area contributed by atoms with Crippen LogP contribution in [0.5, 0.6) is 0 Å². The summed E-state index contributed by atoms with van der Waals surface area (Å²) < 4.78 is 10.4. The first-order valence-corrected chi connectivity index (χ1v) is 7.29. The van der Waals surface area contributed by atoms with Gasteiger partial charge in [0.25, 0.3) is 0 Å². The zero-order valence-corrected chi connectivity index (χ0v) is 11.1. The highest BCUT2D eigenvalue weighted by molar-refractivity contribution is 7.51. The molecule has 5 nitrogen and oxygen atoms in total. The van der Waals surface area contributed by atoms with Gasteiger partial charge in [0.05, 0.1) is 6.16 Å². The van der Waals surface area contributed by atoms with Gasteiger partial charge < -0.3 is 14.9 Å². The number of carboxylic acid groups (broad SMARTS) is 1. The molecule has 0 amide bonds. The molecule has 0 rings (SSSR count). The summed E-state index contributed by atoms with van der Waals surface area (Å²) in [5.41, 5.74) is 0. The third-order valence-corrected chi connectivity index (χ3v) is 3.00. The molecule has 0 aromatic rings. The van der Waals surface area contributed by atoms with Crippen LogP contribution in [0.25, 0.3) is 0 Å². The number of aliphatic carboxylic acids is 1. The number of hydrogen-bond donors (Lipinski definition) is 3. The molecular weight excluding hydrogens is 231 g/mol. The highest BCUT2D eigenvalue weighted by atomic mass is 31.2. The van der Waals surface area contributed by atoms with Gasteiger partial charge in [0.15, 0.2) is 0 Å². The van der Waals surface area contributed by atoms with Crippen LogP contribution >= 0.6 is 7.60 Å². The van der Waals surface area contributed by atoms with Crippen LogP contribution in [0.1, 0.15) is 46.5 Å². The lowest BCUT2D eigenvalue weighted by Gasteiger charge is -2.10. The summed E-state index contributed by atoms with van der Waals surface area (Å²) >= 11 is 0. The van der Waals surface area contributed by atoms with Crippen LogP contribution in [-0.2, 0) is 9.36 Å². The van der Waals surface area contributed by atoms with E-state index in [1.807, 2.05) is 0 Å². The molecule has 0 aliphatic carbocycles. The van der Waals surface area contributed by atoms with Crippen molar-refractivity contribution in [2.24, 2.45) is 5.92 Å². The van der Waals surface area contributed by atoms with Crippen LogP contribution in [0.2, 0.25) is 0 Å². The number of hydrogen-bond acceptors (Lipinski definition) is 2. The Morgan fingerprint density at radius 3 is 1.94 bits per heavy atom. The van der Waals surface area contributed by atoms with E-state index in [-0.39, 0.29) is 18.5 Å². The first kappa shape index (κ1) is 18.0. The molecule has 1 unspecified atom stereocenters. The van der Waals surface area contributed by atoms with Gasteiger partial charge in [-0.25, -0.2) is 0 Å². The second-order valence-electron chi connectivity index (χ2n) is 3.88. The standard InChI is InChI=1S/C6H13O5P.C4H10/c1-5(2-3-6(7)8)4-12(9,10)11;1-3-4-2/h5H,2-4H2,1H3,(H,7,8)(H2,9,10,11);3-4H2,1-2H3. The summed E-state index contributed by atoms with van der Waals surface area (Å²) in [6.07, 6.45) is 2.67. The second-order valence-corrected chi connectivity index (χ2v) is 5.58. The van der Waals surface area contributed by atoms with E-state index in [9.17, 15) is 9.36 Å². The molecule has 0 radical (unpaired) electrons. The zero-order valence-electron chi connectivity index (χ0n) is 10.2. The van der Waals surface area contributed by atoms with Gasteiger partial charge in [-0.1, -0.05) is 33.6 Å². The molecule has 16 heavy (non-hydrogen) atoms. The molecule has 0 aromatic heterocycles. The molecule has 0 spiro atoms. The van der Waals surface area contributed by atoms with Gasteiger partial charge in [0.2, 0.25) is 0 Å². The normalized spacial score (nSPS) is 12.6. The Kier molecular flexibility index (Phi) is 11.0. The third kappa shape index (κ3) is 19.2. The minimum atomic E-state index is -3.97. The Morgan fingerprint density at radius 2 is 1.69 bits per heavy atom. The lowest BCUT2D eigenvalue weighted by atomic mass is 10.1. The van der Waals surface area contributed by atoms with E-state index >= 15 is 0 Å². The van der Waals surface area contributed by atoms with E-state index < -0.39 is 13.6 Å². The van der Waals surface area contributed by atoms with Gasteiger partial charge in [-0.05, 0) is 12.3 Å². The van der Waals surface area contributed by atoms with Crippen molar-refractivity contribution in [3.8, 4) is 0 Å². The van der Waals surface area contributed by atoms with Crippen LogP contribution < -0.4 is 0 Å². The molecule has 0 bridgehead atoms. The lowest BCUT2D eigenvalue weighted by molar-refractivity contribution is -0.137. The Labute approximate surface area is 97.0 Å². The van der Waals surface area contributed by atoms with Crippen LogP contribution in [0.4, 0.5) is 0 Å². The summed E-state index contributed by atoms with van der Waals surface area (Å²) in [6, 6.07) is 0. The Morgan fingerprint density at radius 1 is 1.25 bits per heavy atom. The van der Waals surface area contributed by atoms with Crippen molar-refractivity contribution in [1.29, 1.82) is 0 Å². The Bertz CT molecular complexity index is 221. The van der Waals surface area contributed by atoms with E-state index in [1.165, 1.54) is 12.8 Å². The molecule has 0 aliphatic heterocycles. The molecule has 0 heterocycles. The van der Waals surface area contributed by atoms with Crippen molar-refractivity contribution in [3.63, 3.8) is 0 Å².